The number of carbonyl (C=O) groups is 1. The van der Waals surface area contributed by atoms with Crippen molar-refractivity contribution in [1.29, 1.82) is 0 Å². The number of rotatable bonds is 8. The summed E-state index contributed by atoms with van der Waals surface area (Å²) in [6.45, 7) is 6.03. The minimum Gasteiger partial charge on any atom is -0.382 e. The molecular weight excluding hydrogens is 400 g/mol. The van der Waals surface area contributed by atoms with Gasteiger partial charge in [0.1, 0.15) is 11.3 Å². The molecule has 4 N–H and O–H groups in total. The van der Waals surface area contributed by atoms with Crippen LogP contribution >= 0.6 is 0 Å². The molecule has 1 aliphatic rings. The van der Waals surface area contributed by atoms with E-state index in [4.69, 9.17) is 10.7 Å². The third-order valence-electron chi connectivity index (χ3n) is 5.96. The van der Waals surface area contributed by atoms with Gasteiger partial charge in [-0.25, -0.2) is 14.8 Å². The summed E-state index contributed by atoms with van der Waals surface area (Å²) >= 11 is 0. The third-order valence-corrected chi connectivity index (χ3v) is 5.96. The molecule has 1 aliphatic carbocycles. The normalized spacial score (nSPS) is 13.3. The number of para-hydroxylation sites is 1. The standard InChI is InChI=1S/C25H34N6O/c1-17(2)16-31-21(14-8-9-15-27-25(32)28-18-10-4-3-5-11-18)30-22-23(31)19-12-6-7-13-20(19)29-24(22)26/h3-5,10-11,17H,6-9,12-16H2,1-2H3,(H2,26,29)(H2,27,28,32). The molecule has 170 valence electrons. The summed E-state index contributed by atoms with van der Waals surface area (Å²) in [5.74, 6) is 2.15. The number of carbonyl (C=O) groups excluding carboxylic acids is 1. The molecule has 0 unspecified atom stereocenters. The van der Waals surface area contributed by atoms with Crippen LogP contribution in [0.2, 0.25) is 0 Å². The van der Waals surface area contributed by atoms with Crippen LogP contribution in [0.3, 0.4) is 0 Å². The molecule has 2 heterocycles. The number of fused-ring (bicyclic) bond motifs is 3. The van der Waals surface area contributed by atoms with Crippen molar-refractivity contribution in [2.24, 2.45) is 5.92 Å². The number of aryl methyl sites for hydroxylation is 3. The smallest absolute Gasteiger partial charge is 0.319 e. The van der Waals surface area contributed by atoms with E-state index in [1.807, 2.05) is 30.3 Å². The number of imidazole rings is 1. The number of pyridine rings is 1. The molecule has 0 radical (unpaired) electrons. The Morgan fingerprint density at radius 1 is 1.12 bits per heavy atom. The van der Waals surface area contributed by atoms with Crippen molar-refractivity contribution >= 4 is 28.6 Å². The number of anilines is 2. The highest BCUT2D eigenvalue weighted by Gasteiger charge is 2.22. The van der Waals surface area contributed by atoms with Gasteiger partial charge in [0.05, 0.1) is 5.52 Å². The minimum absolute atomic E-state index is 0.172. The summed E-state index contributed by atoms with van der Waals surface area (Å²) < 4.78 is 2.39. The number of hydrogen-bond donors (Lipinski definition) is 3. The van der Waals surface area contributed by atoms with E-state index < -0.39 is 0 Å². The van der Waals surface area contributed by atoms with Crippen LogP contribution in [-0.4, -0.2) is 27.1 Å². The average Bonchev–Trinajstić information content (AvgIpc) is 3.13. The van der Waals surface area contributed by atoms with Gasteiger partial charge in [-0.05, 0) is 62.1 Å². The van der Waals surface area contributed by atoms with Crippen molar-refractivity contribution in [1.82, 2.24) is 19.9 Å². The van der Waals surface area contributed by atoms with Crippen molar-refractivity contribution in [3.05, 3.63) is 47.4 Å². The Labute approximate surface area is 189 Å². The summed E-state index contributed by atoms with van der Waals surface area (Å²) in [4.78, 5) is 21.7. The second-order valence-electron chi connectivity index (χ2n) is 9.06. The Hall–Kier alpha value is -3.09. The fraction of sp³-hybridized carbons (Fsp3) is 0.480. The molecule has 1 aromatic carbocycles. The maximum Gasteiger partial charge on any atom is 0.319 e. The Balaban J connectivity index is 1.41. The molecule has 32 heavy (non-hydrogen) atoms. The molecule has 0 spiro atoms. The van der Waals surface area contributed by atoms with E-state index in [2.05, 4.69) is 34.0 Å². The van der Waals surface area contributed by atoms with E-state index in [0.717, 1.165) is 61.4 Å². The van der Waals surface area contributed by atoms with Gasteiger partial charge in [-0.2, -0.15) is 0 Å². The molecule has 0 saturated heterocycles. The van der Waals surface area contributed by atoms with Crippen LogP contribution in [0.1, 0.15) is 56.6 Å². The van der Waals surface area contributed by atoms with Crippen molar-refractivity contribution in [2.75, 3.05) is 17.6 Å². The number of nitrogen functional groups attached to an aromatic ring is 1. The van der Waals surface area contributed by atoms with Gasteiger partial charge in [-0.1, -0.05) is 32.0 Å². The van der Waals surface area contributed by atoms with Gasteiger partial charge in [0.15, 0.2) is 5.82 Å². The Morgan fingerprint density at radius 3 is 2.69 bits per heavy atom. The fourth-order valence-corrected chi connectivity index (χ4v) is 4.51. The predicted octanol–water partition coefficient (Wildman–Crippen LogP) is 4.69. The summed E-state index contributed by atoms with van der Waals surface area (Å²) in [6, 6.07) is 9.30. The highest BCUT2D eigenvalue weighted by Crippen LogP contribution is 2.32. The number of nitrogens with one attached hydrogen (secondary N) is 2. The molecule has 0 saturated carbocycles. The first kappa shape index (κ1) is 22.1. The second kappa shape index (κ2) is 10.0. The first-order valence-electron chi connectivity index (χ1n) is 11.8. The molecule has 7 heteroatoms. The number of aromatic nitrogens is 3. The lowest BCUT2D eigenvalue weighted by Gasteiger charge is -2.19. The number of urea groups is 1. The van der Waals surface area contributed by atoms with E-state index in [1.165, 1.54) is 23.9 Å². The van der Waals surface area contributed by atoms with Crippen molar-refractivity contribution in [3.63, 3.8) is 0 Å². The van der Waals surface area contributed by atoms with Crippen LogP contribution in [-0.2, 0) is 25.8 Å². The van der Waals surface area contributed by atoms with Crippen LogP contribution in [0, 0.1) is 5.92 Å². The quantitative estimate of drug-likeness (QED) is 0.448. The van der Waals surface area contributed by atoms with E-state index in [1.54, 1.807) is 0 Å². The monoisotopic (exact) mass is 434 g/mol. The van der Waals surface area contributed by atoms with Crippen LogP contribution in [0.4, 0.5) is 16.3 Å². The number of hydrogen-bond acceptors (Lipinski definition) is 4. The molecule has 0 fully saturated rings. The SMILES string of the molecule is CC(C)Cn1c(CCCCNC(=O)Nc2ccccc2)nc2c(N)nc3c(c21)CCCC3. The molecule has 7 nitrogen and oxygen atoms in total. The maximum absolute atomic E-state index is 12.1. The van der Waals surface area contributed by atoms with Gasteiger partial charge in [0.25, 0.3) is 0 Å². The summed E-state index contributed by atoms with van der Waals surface area (Å²) in [6.07, 6.45) is 7.14. The Kier molecular flexibility index (Phi) is 6.93. The summed E-state index contributed by atoms with van der Waals surface area (Å²) in [5, 5.41) is 5.78. The lowest BCUT2D eigenvalue weighted by molar-refractivity contribution is 0.252. The molecule has 2 amide bonds. The number of unbranched alkanes of at least 4 members (excludes halogenated alkanes) is 1. The zero-order valence-corrected chi connectivity index (χ0v) is 19.2. The maximum atomic E-state index is 12.1. The number of benzene rings is 1. The van der Waals surface area contributed by atoms with E-state index >= 15 is 0 Å². The largest absolute Gasteiger partial charge is 0.382 e. The van der Waals surface area contributed by atoms with Gasteiger partial charge < -0.3 is 20.9 Å². The van der Waals surface area contributed by atoms with Gasteiger partial charge in [-0.3, -0.25) is 0 Å². The summed E-state index contributed by atoms with van der Waals surface area (Å²) in [7, 11) is 0. The van der Waals surface area contributed by atoms with Crippen molar-refractivity contribution < 1.29 is 4.79 Å². The fourth-order valence-electron chi connectivity index (χ4n) is 4.51. The van der Waals surface area contributed by atoms with Gasteiger partial charge in [0, 0.05) is 30.9 Å². The molecule has 0 atom stereocenters. The number of amides is 2. The van der Waals surface area contributed by atoms with Crippen molar-refractivity contribution in [2.45, 2.75) is 65.3 Å². The van der Waals surface area contributed by atoms with Gasteiger partial charge in [0.2, 0.25) is 0 Å². The van der Waals surface area contributed by atoms with Crippen LogP contribution in [0.5, 0.6) is 0 Å². The summed E-state index contributed by atoms with van der Waals surface area (Å²) in [5.41, 5.74) is 11.7. The highest BCUT2D eigenvalue weighted by atomic mass is 16.2. The number of nitrogens with zero attached hydrogens (tertiary/aromatic N) is 3. The van der Waals surface area contributed by atoms with E-state index in [9.17, 15) is 4.79 Å². The van der Waals surface area contributed by atoms with Crippen LogP contribution in [0.25, 0.3) is 11.0 Å². The zero-order chi connectivity index (χ0) is 22.5. The predicted molar refractivity (Wildman–Crippen MR) is 130 cm³/mol. The first-order chi connectivity index (χ1) is 15.5. The average molecular weight is 435 g/mol. The Bertz CT molecular complexity index is 1070. The third kappa shape index (κ3) is 5.03. The molecule has 0 bridgehead atoms. The van der Waals surface area contributed by atoms with E-state index in [0.29, 0.717) is 18.3 Å². The topological polar surface area (TPSA) is 97.9 Å². The van der Waals surface area contributed by atoms with E-state index in [-0.39, 0.29) is 6.03 Å². The molecular formula is C25H34N6O. The lowest BCUT2D eigenvalue weighted by atomic mass is 9.94. The van der Waals surface area contributed by atoms with Crippen LogP contribution in [0.15, 0.2) is 30.3 Å². The molecule has 4 rings (SSSR count). The highest BCUT2D eigenvalue weighted by molar-refractivity contribution is 5.89. The second-order valence-corrected chi connectivity index (χ2v) is 9.06. The Morgan fingerprint density at radius 2 is 1.91 bits per heavy atom. The first-order valence-corrected chi connectivity index (χ1v) is 11.8. The molecule has 2 aromatic heterocycles. The van der Waals surface area contributed by atoms with Gasteiger partial charge in [-0.15, -0.1) is 0 Å². The minimum atomic E-state index is -0.172. The van der Waals surface area contributed by atoms with Gasteiger partial charge >= 0.3 is 6.03 Å². The lowest BCUT2D eigenvalue weighted by Crippen LogP contribution is -2.29. The van der Waals surface area contributed by atoms with Crippen molar-refractivity contribution in [3.8, 4) is 0 Å². The number of nitrogens with two attached hydrogens (primary N) is 1. The molecule has 3 aromatic rings. The molecule has 0 aliphatic heterocycles. The zero-order valence-electron chi connectivity index (χ0n) is 19.2. The van der Waals surface area contributed by atoms with Crippen LogP contribution < -0.4 is 16.4 Å².